The van der Waals surface area contributed by atoms with Gasteiger partial charge in [-0.05, 0) is 35.8 Å². The molecular weight excluding hydrogens is 322 g/mol. The molecule has 5 nitrogen and oxygen atoms in total. The summed E-state index contributed by atoms with van der Waals surface area (Å²) in [6, 6.07) is 12.8. The standard InChI is InChI=1S/C18H21N3O2S/c19-18(23)20-14(15-7-4-10-24-15)11-16(22)21-17(13-8-9-13)12-5-2-1-3-6-12/h1-7,10,13-14,17H,8-9,11H2,(H,21,22)(H3,19,20,23). The van der Waals surface area contributed by atoms with Crippen molar-refractivity contribution >= 4 is 23.3 Å². The van der Waals surface area contributed by atoms with E-state index < -0.39 is 12.1 Å². The van der Waals surface area contributed by atoms with E-state index >= 15 is 0 Å². The molecule has 1 aromatic heterocycles. The summed E-state index contributed by atoms with van der Waals surface area (Å²) in [5.74, 6) is 0.420. The van der Waals surface area contributed by atoms with E-state index in [0.717, 1.165) is 23.3 Å². The van der Waals surface area contributed by atoms with Crippen molar-refractivity contribution in [1.29, 1.82) is 0 Å². The molecule has 2 aromatic rings. The van der Waals surface area contributed by atoms with Crippen LogP contribution in [0.4, 0.5) is 4.79 Å². The van der Waals surface area contributed by atoms with Gasteiger partial charge in [0.15, 0.2) is 0 Å². The first-order chi connectivity index (χ1) is 11.6. The van der Waals surface area contributed by atoms with E-state index in [0.29, 0.717) is 5.92 Å². The van der Waals surface area contributed by atoms with Crippen LogP contribution in [0.3, 0.4) is 0 Å². The summed E-state index contributed by atoms with van der Waals surface area (Å²) in [6.07, 6.45) is 2.45. The number of rotatable bonds is 7. The second-order valence-corrected chi connectivity index (χ2v) is 7.05. The van der Waals surface area contributed by atoms with Crippen molar-refractivity contribution in [2.24, 2.45) is 11.7 Å². The number of hydrogen-bond donors (Lipinski definition) is 3. The van der Waals surface area contributed by atoms with Gasteiger partial charge in [-0.25, -0.2) is 4.79 Å². The molecule has 1 aliphatic rings. The largest absolute Gasteiger partial charge is 0.352 e. The van der Waals surface area contributed by atoms with Crippen molar-refractivity contribution in [1.82, 2.24) is 10.6 Å². The lowest BCUT2D eigenvalue weighted by atomic mass is 10.0. The lowest BCUT2D eigenvalue weighted by Gasteiger charge is -2.21. The third-order valence-corrected chi connectivity index (χ3v) is 5.15. The molecule has 0 radical (unpaired) electrons. The van der Waals surface area contributed by atoms with E-state index in [9.17, 15) is 9.59 Å². The maximum Gasteiger partial charge on any atom is 0.312 e. The Kier molecular flexibility index (Phi) is 5.15. The summed E-state index contributed by atoms with van der Waals surface area (Å²) in [4.78, 5) is 24.7. The molecule has 24 heavy (non-hydrogen) atoms. The van der Waals surface area contributed by atoms with Crippen LogP contribution in [-0.4, -0.2) is 11.9 Å². The predicted molar refractivity (Wildman–Crippen MR) is 94.4 cm³/mol. The van der Waals surface area contributed by atoms with Gasteiger partial charge in [-0.15, -0.1) is 11.3 Å². The van der Waals surface area contributed by atoms with Crippen molar-refractivity contribution < 1.29 is 9.59 Å². The lowest BCUT2D eigenvalue weighted by molar-refractivity contribution is -0.122. The highest BCUT2D eigenvalue weighted by atomic mass is 32.1. The SMILES string of the molecule is NC(=O)NC(CC(=O)NC(c1ccccc1)C1CC1)c1cccs1. The third kappa shape index (κ3) is 4.35. The average Bonchev–Trinajstić information content (AvgIpc) is 3.25. The molecule has 4 N–H and O–H groups in total. The van der Waals surface area contributed by atoms with E-state index in [1.165, 1.54) is 11.3 Å². The van der Waals surface area contributed by atoms with Crippen molar-refractivity contribution in [2.45, 2.75) is 31.3 Å². The highest BCUT2D eigenvalue weighted by molar-refractivity contribution is 7.10. The Labute approximate surface area is 145 Å². The summed E-state index contributed by atoms with van der Waals surface area (Å²) in [5.41, 5.74) is 6.38. The first-order valence-corrected chi connectivity index (χ1v) is 8.95. The number of carbonyl (C=O) groups excluding carboxylic acids is 2. The molecular formula is C18H21N3O2S. The van der Waals surface area contributed by atoms with E-state index in [4.69, 9.17) is 5.73 Å². The van der Waals surface area contributed by atoms with Gasteiger partial charge in [0.05, 0.1) is 18.5 Å². The Hall–Kier alpha value is -2.34. The van der Waals surface area contributed by atoms with Crippen LogP contribution >= 0.6 is 11.3 Å². The molecule has 1 aliphatic carbocycles. The zero-order valence-electron chi connectivity index (χ0n) is 13.3. The molecule has 1 fully saturated rings. The van der Waals surface area contributed by atoms with Gasteiger partial charge in [0.2, 0.25) is 5.91 Å². The third-order valence-electron chi connectivity index (χ3n) is 4.16. The smallest absolute Gasteiger partial charge is 0.312 e. The highest BCUT2D eigenvalue weighted by Gasteiger charge is 2.33. The van der Waals surface area contributed by atoms with Gasteiger partial charge in [0, 0.05) is 4.88 Å². The van der Waals surface area contributed by atoms with E-state index in [-0.39, 0.29) is 18.4 Å². The van der Waals surface area contributed by atoms with Crippen LogP contribution in [0.15, 0.2) is 47.8 Å². The van der Waals surface area contributed by atoms with Gasteiger partial charge in [0.25, 0.3) is 0 Å². The molecule has 2 atom stereocenters. The van der Waals surface area contributed by atoms with E-state index in [1.807, 2.05) is 47.8 Å². The average molecular weight is 343 g/mol. The highest BCUT2D eigenvalue weighted by Crippen LogP contribution is 2.41. The summed E-state index contributed by atoms with van der Waals surface area (Å²) < 4.78 is 0. The molecule has 0 saturated heterocycles. The molecule has 0 spiro atoms. The van der Waals surface area contributed by atoms with Crippen LogP contribution in [0.1, 0.15) is 41.8 Å². The fourth-order valence-electron chi connectivity index (χ4n) is 2.87. The maximum absolute atomic E-state index is 12.5. The summed E-state index contributed by atoms with van der Waals surface area (Å²) in [7, 11) is 0. The molecule has 0 bridgehead atoms. The molecule has 6 heteroatoms. The number of primary amides is 1. The van der Waals surface area contributed by atoms with Crippen LogP contribution in [0.5, 0.6) is 0 Å². The molecule has 1 aromatic carbocycles. The molecule has 1 heterocycles. The van der Waals surface area contributed by atoms with Gasteiger partial charge in [-0.2, -0.15) is 0 Å². The zero-order valence-corrected chi connectivity index (χ0v) is 14.1. The monoisotopic (exact) mass is 343 g/mol. The minimum atomic E-state index is -0.622. The lowest BCUT2D eigenvalue weighted by Crippen LogP contribution is -2.37. The minimum Gasteiger partial charge on any atom is -0.352 e. The van der Waals surface area contributed by atoms with Gasteiger partial charge in [-0.3, -0.25) is 4.79 Å². The number of benzene rings is 1. The van der Waals surface area contributed by atoms with Gasteiger partial charge < -0.3 is 16.4 Å². The zero-order chi connectivity index (χ0) is 16.9. The Bertz CT molecular complexity index is 684. The van der Waals surface area contributed by atoms with Crippen molar-refractivity contribution in [3.05, 3.63) is 58.3 Å². The quantitative estimate of drug-likeness (QED) is 0.722. The molecule has 3 rings (SSSR count). The number of hydrogen-bond acceptors (Lipinski definition) is 3. The fourth-order valence-corrected chi connectivity index (χ4v) is 3.64. The Morgan fingerprint density at radius 3 is 2.46 bits per heavy atom. The number of carbonyl (C=O) groups is 2. The topological polar surface area (TPSA) is 84.2 Å². The normalized spacial score (nSPS) is 16.2. The molecule has 1 saturated carbocycles. The van der Waals surface area contributed by atoms with Crippen LogP contribution < -0.4 is 16.4 Å². The first-order valence-electron chi connectivity index (χ1n) is 8.07. The Morgan fingerprint density at radius 1 is 1.12 bits per heavy atom. The summed E-state index contributed by atoms with van der Waals surface area (Å²) >= 11 is 1.50. The number of urea groups is 1. The summed E-state index contributed by atoms with van der Waals surface area (Å²) in [6.45, 7) is 0. The minimum absolute atomic E-state index is 0.0382. The number of thiophene rings is 1. The Balaban J connectivity index is 1.67. The van der Waals surface area contributed by atoms with Gasteiger partial charge >= 0.3 is 6.03 Å². The van der Waals surface area contributed by atoms with Crippen molar-refractivity contribution in [3.63, 3.8) is 0 Å². The molecule has 2 unspecified atom stereocenters. The fraction of sp³-hybridized carbons (Fsp3) is 0.333. The molecule has 0 aliphatic heterocycles. The number of amides is 3. The van der Waals surface area contributed by atoms with Crippen molar-refractivity contribution in [3.8, 4) is 0 Å². The van der Waals surface area contributed by atoms with Crippen LogP contribution in [-0.2, 0) is 4.79 Å². The van der Waals surface area contributed by atoms with Crippen LogP contribution in [0.25, 0.3) is 0 Å². The second-order valence-electron chi connectivity index (χ2n) is 6.07. The maximum atomic E-state index is 12.5. The van der Waals surface area contributed by atoms with E-state index in [2.05, 4.69) is 10.6 Å². The van der Waals surface area contributed by atoms with E-state index in [1.54, 1.807) is 0 Å². The summed E-state index contributed by atoms with van der Waals surface area (Å²) in [5, 5.41) is 7.71. The molecule has 126 valence electrons. The Morgan fingerprint density at radius 2 is 1.88 bits per heavy atom. The van der Waals surface area contributed by atoms with Crippen molar-refractivity contribution in [2.75, 3.05) is 0 Å². The number of nitrogens with one attached hydrogen (secondary N) is 2. The number of nitrogens with two attached hydrogens (primary N) is 1. The van der Waals surface area contributed by atoms with Crippen LogP contribution in [0.2, 0.25) is 0 Å². The second kappa shape index (κ2) is 7.49. The first kappa shape index (κ1) is 16.5. The predicted octanol–water partition coefficient (Wildman–Crippen LogP) is 3.12. The van der Waals surface area contributed by atoms with Gasteiger partial charge in [-0.1, -0.05) is 36.4 Å². The van der Waals surface area contributed by atoms with Gasteiger partial charge in [0.1, 0.15) is 0 Å². The molecule has 3 amide bonds. The van der Waals surface area contributed by atoms with Crippen LogP contribution in [0, 0.1) is 5.92 Å².